The van der Waals surface area contributed by atoms with Gasteiger partial charge in [-0.15, -0.1) is 0 Å². The molecule has 1 aromatic rings. The molecular weight excluding hydrogens is 262 g/mol. The number of benzene rings is 1. The normalized spacial score (nSPS) is 13.0. The van der Waals surface area contributed by atoms with Crippen LogP contribution in [0.25, 0.3) is 0 Å². The van der Waals surface area contributed by atoms with Gasteiger partial charge in [0.25, 0.3) is 0 Å². The molecule has 3 heteroatoms. The number of hydrogen-bond acceptors (Lipinski definition) is 2. The lowest BCUT2D eigenvalue weighted by Crippen LogP contribution is -2.33. The first-order valence-corrected chi connectivity index (χ1v) is 8.05. The van der Waals surface area contributed by atoms with Crippen molar-refractivity contribution in [3.05, 3.63) is 34.3 Å². The van der Waals surface area contributed by atoms with Crippen molar-refractivity contribution < 1.29 is 0 Å². The second-order valence-electron chi connectivity index (χ2n) is 4.94. The second-order valence-corrected chi connectivity index (χ2v) is 6.95. The zero-order chi connectivity index (χ0) is 13.5. The van der Waals surface area contributed by atoms with Crippen LogP contribution in [0.2, 0.25) is 5.02 Å². The number of thioether (sulfide) groups is 1. The largest absolute Gasteiger partial charge is 0.313 e. The van der Waals surface area contributed by atoms with Gasteiger partial charge >= 0.3 is 0 Å². The van der Waals surface area contributed by atoms with Crippen LogP contribution in [0.5, 0.6) is 0 Å². The molecule has 18 heavy (non-hydrogen) atoms. The maximum atomic E-state index is 6.30. The monoisotopic (exact) mass is 285 g/mol. The predicted molar refractivity (Wildman–Crippen MR) is 85.0 cm³/mol. The minimum absolute atomic E-state index is 0.502. The van der Waals surface area contributed by atoms with Gasteiger partial charge in [0.15, 0.2) is 0 Å². The molecule has 1 unspecified atom stereocenters. The third-order valence-corrected chi connectivity index (χ3v) is 4.41. The Morgan fingerprint density at radius 3 is 2.61 bits per heavy atom. The highest BCUT2D eigenvalue weighted by atomic mass is 35.5. The van der Waals surface area contributed by atoms with E-state index in [2.05, 4.69) is 51.2 Å². The molecular formula is C15H24ClNS. The van der Waals surface area contributed by atoms with E-state index in [1.807, 2.05) is 11.8 Å². The van der Waals surface area contributed by atoms with Gasteiger partial charge in [0.2, 0.25) is 0 Å². The highest BCUT2D eigenvalue weighted by molar-refractivity contribution is 7.99. The van der Waals surface area contributed by atoms with Crippen molar-refractivity contribution in [1.29, 1.82) is 0 Å². The molecule has 0 aliphatic rings. The number of halogens is 1. The second kappa shape index (κ2) is 8.08. The third kappa shape index (κ3) is 5.64. The molecule has 1 N–H and O–H groups in total. The fourth-order valence-corrected chi connectivity index (χ4v) is 3.04. The number of aryl methyl sites for hydroxylation is 1. The molecule has 0 bridgehead atoms. The highest BCUT2D eigenvalue weighted by Gasteiger charge is 2.11. The lowest BCUT2D eigenvalue weighted by atomic mass is 10.1. The summed E-state index contributed by atoms with van der Waals surface area (Å²) in [6.45, 7) is 9.72. The molecule has 0 saturated heterocycles. The number of nitrogens with one attached hydrogen (secondary N) is 1. The Balaban J connectivity index is 2.64. The van der Waals surface area contributed by atoms with E-state index < -0.39 is 0 Å². The van der Waals surface area contributed by atoms with Crippen molar-refractivity contribution >= 4 is 23.4 Å². The fraction of sp³-hybridized carbons (Fsp3) is 0.600. The summed E-state index contributed by atoms with van der Waals surface area (Å²) in [6.07, 6.45) is 1.01. The van der Waals surface area contributed by atoms with Gasteiger partial charge < -0.3 is 5.32 Å². The third-order valence-electron chi connectivity index (χ3n) is 2.80. The van der Waals surface area contributed by atoms with Gasteiger partial charge in [-0.2, -0.15) is 11.8 Å². The Hall–Kier alpha value is -0.180. The summed E-state index contributed by atoms with van der Waals surface area (Å²) < 4.78 is 0. The van der Waals surface area contributed by atoms with Gasteiger partial charge in [0.1, 0.15) is 0 Å². The zero-order valence-corrected chi connectivity index (χ0v) is 13.4. The molecule has 0 heterocycles. The predicted octanol–water partition coefficient (Wildman–Crippen LogP) is 4.31. The quantitative estimate of drug-likeness (QED) is 0.801. The Morgan fingerprint density at radius 2 is 2.06 bits per heavy atom. The first-order valence-electron chi connectivity index (χ1n) is 6.63. The van der Waals surface area contributed by atoms with Gasteiger partial charge in [0, 0.05) is 16.8 Å². The molecule has 1 aromatic carbocycles. The molecule has 0 spiro atoms. The number of rotatable bonds is 7. The van der Waals surface area contributed by atoms with E-state index in [4.69, 9.17) is 11.6 Å². The van der Waals surface area contributed by atoms with Crippen LogP contribution in [0, 0.1) is 6.92 Å². The Morgan fingerprint density at radius 1 is 1.33 bits per heavy atom. The molecule has 1 atom stereocenters. The first-order chi connectivity index (χ1) is 8.52. The van der Waals surface area contributed by atoms with Crippen molar-refractivity contribution in [3.8, 4) is 0 Å². The number of hydrogen-bond donors (Lipinski definition) is 1. The van der Waals surface area contributed by atoms with Crippen LogP contribution in [0.1, 0.15) is 31.9 Å². The topological polar surface area (TPSA) is 12.0 Å². The molecule has 102 valence electrons. The maximum Gasteiger partial charge on any atom is 0.0441 e. The smallest absolute Gasteiger partial charge is 0.0441 e. The minimum atomic E-state index is 0.502. The van der Waals surface area contributed by atoms with Gasteiger partial charge in [-0.25, -0.2) is 0 Å². The summed E-state index contributed by atoms with van der Waals surface area (Å²) in [7, 11) is 0. The van der Waals surface area contributed by atoms with E-state index in [9.17, 15) is 0 Å². The van der Waals surface area contributed by atoms with Crippen molar-refractivity contribution in [2.45, 2.75) is 45.4 Å². The molecule has 0 amide bonds. The average Bonchev–Trinajstić information content (AvgIpc) is 2.29. The summed E-state index contributed by atoms with van der Waals surface area (Å²) in [5.74, 6) is 1.13. The van der Waals surface area contributed by atoms with Crippen molar-refractivity contribution in [3.63, 3.8) is 0 Å². The fourth-order valence-electron chi connectivity index (χ4n) is 1.87. The molecule has 1 nitrogen and oxygen atoms in total. The summed E-state index contributed by atoms with van der Waals surface area (Å²) in [4.78, 5) is 0. The van der Waals surface area contributed by atoms with Crippen LogP contribution in [0.3, 0.4) is 0 Å². The zero-order valence-electron chi connectivity index (χ0n) is 11.8. The lowest BCUT2D eigenvalue weighted by molar-refractivity contribution is 0.572. The Bertz CT molecular complexity index is 366. The van der Waals surface area contributed by atoms with Crippen molar-refractivity contribution in [2.24, 2.45) is 0 Å². The standard InChI is InChI=1S/C15H24ClNS/c1-5-17-14(10-18-11(2)3)9-13-7-6-12(4)8-15(13)16/h6-8,11,14,17H,5,9-10H2,1-4H3. The summed E-state index contributed by atoms with van der Waals surface area (Å²) >= 11 is 8.30. The van der Waals surface area contributed by atoms with Gasteiger partial charge in [-0.3, -0.25) is 0 Å². The average molecular weight is 286 g/mol. The minimum Gasteiger partial charge on any atom is -0.313 e. The summed E-state index contributed by atoms with van der Waals surface area (Å²) in [5, 5.41) is 5.12. The van der Waals surface area contributed by atoms with Gasteiger partial charge in [-0.1, -0.05) is 44.5 Å². The van der Waals surface area contributed by atoms with E-state index >= 15 is 0 Å². The summed E-state index contributed by atoms with van der Waals surface area (Å²) in [6, 6.07) is 6.85. The first kappa shape index (κ1) is 15.9. The van der Waals surface area contributed by atoms with Crippen LogP contribution in [0.15, 0.2) is 18.2 Å². The highest BCUT2D eigenvalue weighted by Crippen LogP contribution is 2.21. The molecule has 0 aromatic heterocycles. The van der Waals surface area contributed by atoms with Gasteiger partial charge in [0.05, 0.1) is 0 Å². The molecule has 0 radical (unpaired) electrons. The van der Waals surface area contributed by atoms with E-state index in [0.717, 1.165) is 23.7 Å². The Labute approximate surface area is 121 Å². The van der Waals surface area contributed by atoms with Crippen LogP contribution in [-0.2, 0) is 6.42 Å². The SMILES string of the molecule is CCNC(CSC(C)C)Cc1ccc(C)cc1Cl. The lowest BCUT2D eigenvalue weighted by Gasteiger charge is -2.19. The van der Waals surface area contributed by atoms with Crippen LogP contribution < -0.4 is 5.32 Å². The van der Waals surface area contributed by atoms with Crippen LogP contribution in [-0.4, -0.2) is 23.6 Å². The van der Waals surface area contributed by atoms with E-state index in [1.165, 1.54) is 11.1 Å². The van der Waals surface area contributed by atoms with E-state index in [-0.39, 0.29) is 0 Å². The number of likely N-dealkylation sites (N-methyl/N-ethyl adjacent to an activating group) is 1. The van der Waals surface area contributed by atoms with E-state index in [0.29, 0.717) is 11.3 Å². The van der Waals surface area contributed by atoms with Crippen molar-refractivity contribution in [1.82, 2.24) is 5.32 Å². The molecule has 0 aliphatic heterocycles. The van der Waals surface area contributed by atoms with E-state index in [1.54, 1.807) is 0 Å². The van der Waals surface area contributed by atoms with Gasteiger partial charge in [-0.05, 0) is 42.3 Å². The van der Waals surface area contributed by atoms with Crippen molar-refractivity contribution in [2.75, 3.05) is 12.3 Å². The van der Waals surface area contributed by atoms with Crippen LogP contribution in [0.4, 0.5) is 0 Å². The summed E-state index contributed by atoms with van der Waals surface area (Å²) in [5.41, 5.74) is 2.47. The molecule has 0 aliphatic carbocycles. The maximum absolute atomic E-state index is 6.30. The molecule has 0 fully saturated rings. The molecule has 0 saturated carbocycles. The van der Waals surface area contributed by atoms with Crippen LogP contribution >= 0.6 is 23.4 Å². The Kier molecular flexibility index (Phi) is 7.13. The molecule has 1 rings (SSSR count).